The first-order valence-electron chi connectivity index (χ1n) is 4.23. The summed E-state index contributed by atoms with van der Waals surface area (Å²) in [7, 11) is 1.85. The molecule has 0 aliphatic heterocycles. The zero-order valence-corrected chi connectivity index (χ0v) is 8.11. The number of carbonyl (C=O) groups excluding carboxylic acids is 1. The Morgan fingerprint density at radius 1 is 1.58 bits per heavy atom. The van der Waals surface area contributed by atoms with Crippen molar-refractivity contribution >= 4 is 5.91 Å². The van der Waals surface area contributed by atoms with E-state index in [9.17, 15) is 4.79 Å². The summed E-state index contributed by atoms with van der Waals surface area (Å²) in [5, 5.41) is 5.89. The van der Waals surface area contributed by atoms with Crippen LogP contribution in [-0.2, 0) is 4.79 Å². The third-order valence-corrected chi connectivity index (χ3v) is 2.02. The molecule has 0 saturated heterocycles. The molecule has 0 aromatic carbocycles. The van der Waals surface area contributed by atoms with E-state index >= 15 is 0 Å². The highest BCUT2D eigenvalue weighted by Gasteiger charge is 2.25. The average Bonchev–Trinajstić information content (AvgIpc) is 2.03. The Balaban J connectivity index is 4.23. The minimum atomic E-state index is -0.277. The number of rotatable bonds is 5. The zero-order chi connectivity index (χ0) is 9.61. The zero-order valence-electron chi connectivity index (χ0n) is 8.11. The Morgan fingerprint density at radius 3 is 2.42 bits per heavy atom. The van der Waals surface area contributed by atoms with Crippen molar-refractivity contribution in [3.63, 3.8) is 0 Å². The molecule has 0 rings (SSSR count). The van der Waals surface area contributed by atoms with E-state index in [0.29, 0.717) is 13.1 Å². The van der Waals surface area contributed by atoms with Crippen LogP contribution >= 0.6 is 0 Å². The quantitative estimate of drug-likeness (QED) is 0.522. The summed E-state index contributed by atoms with van der Waals surface area (Å²) >= 11 is 0. The van der Waals surface area contributed by atoms with Gasteiger partial charge in [-0.05, 0) is 13.5 Å². The molecular weight excluding hydrogens is 154 g/mol. The number of nitrogens with two attached hydrogens (primary N) is 1. The first-order chi connectivity index (χ1) is 5.60. The van der Waals surface area contributed by atoms with Gasteiger partial charge in [-0.25, -0.2) is 0 Å². The molecule has 4 nitrogen and oxygen atoms in total. The SMILES string of the molecule is CCC(CN)(CNC)NC(C)=O. The average molecular weight is 173 g/mol. The summed E-state index contributed by atoms with van der Waals surface area (Å²) in [6, 6.07) is 0. The van der Waals surface area contributed by atoms with E-state index in [1.54, 1.807) is 0 Å². The maximum Gasteiger partial charge on any atom is 0.217 e. The fourth-order valence-electron chi connectivity index (χ4n) is 1.24. The Kier molecular flexibility index (Phi) is 4.85. The van der Waals surface area contributed by atoms with Gasteiger partial charge in [-0.2, -0.15) is 0 Å². The van der Waals surface area contributed by atoms with Gasteiger partial charge in [0, 0.05) is 20.0 Å². The first kappa shape index (κ1) is 11.4. The van der Waals surface area contributed by atoms with E-state index in [1.165, 1.54) is 6.92 Å². The van der Waals surface area contributed by atoms with Crippen molar-refractivity contribution in [2.75, 3.05) is 20.1 Å². The van der Waals surface area contributed by atoms with Crippen molar-refractivity contribution in [1.82, 2.24) is 10.6 Å². The van der Waals surface area contributed by atoms with Crippen molar-refractivity contribution in [3.05, 3.63) is 0 Å². The highest BCUT2D eigenvalue weighted by Crippen LogP contribution is 2.06. The standard InChI is InChI=1S/C8H19N3O/c1-4-8(5-9,6-10-3)11-7(2)12/h10H,4-6,9H2,1-3H3,(H,11,12). The molecule has 4 heteroatoms. The number of likely N-dealkylation sites (N-methyl/N-ethyl adjacent to an activating group) is 1. The van der Waals surface area contributed by atoms with Crippen LogP contribution in [0.15, 0.2) is 0 Å². The summed E-state index contributed by atoms with van der Waals surface area (Å²) in [6.45, 7) is 4.69. The maximum atomic E-state index is 10.9. The fraction of sp³-hybridized carbons (Fsp3) is 0.875. The number of nitrogens with one attached hydrogen (secondary N) is 2. The minimum absolute atomic E-state index is 0.0300. The van der Waals surface area contributed by atoms with Gasteiger partial charge in [0.1, 0.15) is 0 Å². The van der Waals surface area contributed by atoms with Crippen molar-refractivity contribution in [1.29, 1.82) is 0 Å². The normalized spacial score (nSPS) is 15.3. The molecule has 0 aromatic rings. The number of carbonyl (C=O) groups is 1. The molecule has 4 N–H and O–H groups in total. The molecule has 0 aromatic heterocycles. The maximum absolute atomic E-state index is 10.9. The van der Waals surface area contributed by atoms with E-state index in [2.05, 4.69) is 10.6 Å². The Hall–Kier alpha value is -0.610. The van der Waals surface area contributed by atoms with Crippen LogP contribution in [0.25, 0.3) is 0 Å². The second-order valence-corrected chi connectivity index (χ2v) is 3.05. The van der Waals surface area contributed by atoms with Crippen LogP contribution in [0.1, 0.15) is 20.3 Å². The third kappa shape index (κ3) is 3.19. The van der Waals surface area contributed by atoms with Gasteiger partial charge in [-0.3, -0.25) is 4.79 Å². The van der Waals surface area contributed by atoms with Gasteiger partial charge in [0.05, 0.1) is 5.54 Å². The van der Waals surface area contributed by atoms with E-state index < -0.39 is 0 Å². The van der Waals surface area contributed by atoms with E-state index in [4.69, 9.17) is 5.73 Å². The van der Waals surface area contributed by atoms with Crippen LogP contribution in [0, 0.1) is 0 Å². The molecule has 0 fully saturated rings. The molecule has 0 heterocycles. The van der Waals surface area contributed by atoms with E-state index in [1.807, 2.05) is 14.0 Å². The molecule has 0 radical (unpaired) electrons. The van der Waals surface area contributed by atoms with Gasteiger partial charge >= 0.3 is 0 Å². The molecule has 1 amide bonds. The van der Waals surface area contributed by atoms with Crippen LogP contribution in [-0.4, -0.2) is 31.6 Å². The van der Waals surface area contributed by atoms with Gasteiger partial charge in [0.25, 0.3) is 0 Å². The highest BCUT2D eigenvalue weighted by molar-refractivity contribution is 5.73. The summed E-state index contributed by atoms with van der Waals surface area (Å²) in [5.74, 6) is -0.0300. The largest absolute Gasteiger partial charge is 0.348 e. The molecule has 0 spiro atoms. The molecule has 1 unspecified atom stereocenters. The smallest absolute Gasteiger partial charge is 0.217 e. The van der Waals surface area contributed by atoms with Gasteiger partial charge in [0.15, 0.2) is 0 Å². The van der Waals surface area contributed by atoms with E-state index in [0.717, 1.165) is 6.42 Å². The lowest BCUT2D eigenvalue weighted by molar-refractivity contribution is -0.120. The number of amides is 1. The van der Waals surface area contributed by atoms with Crippen LogP contribution in [0.3, 0.4) is 0 Å². The van der Waals surface area contributed by atoms with Crippen LogP contribution in [0.4, 0.5) is 0 Å². The predicted octanol–water partition coefficient (Wildman–Crippen LogP) is -0.551. The summed E-state index contributed by atoms with van der Waals surface area (Å²) in [5.41, 5.74) is 5.32. The first-order valence-corrected chi connectivity index (χ1v) is 4.23. The Labute approximate surface area is 73.9 Å². The van der Waals surface area contributed by atoms with Crippen molar-refractivity contribution in [3.8, 4) is 0 Å². The van der Waals surface area contributed by atoms with Crippen LogP contribution in [0.2, 0.25) is 0 Å². The van der Waals surface area contributed by atoms with Gasteiger partial charge in [-0.1, -0.05) is 6.92 Å². The predicted molar refractivity (Wildman–Crippen MR) is 49.8 cm³/mol. The number of hydrogen-bond donors (Lipinski definition) is 3. The second kappa shape index (κ2) is 5.11. The Bertz CT molecular complexity index is 143. The third-order valence-electron chi connectivity index (χ3n) is 2.02. The molecule has 72 valence electrons. The molecule has 0 aliphatic rings. The highest BCUT2D eigenvalue weighted by atomic mass is 16.1. The van der Waals surface area contributed by atoms with Gasteiger partial charge < -0.3 is 16.4 Å². The van der Waals surface area contributed by atoms with Crippen molar-refractivity contribution < 1.29 is 4.79 Å². The minimum Gasteiger partial charge on any atom is -0.348 e. The number of hydrogen-bond acceptors (Lipinski definition) is 3. The lowest BCUT2D eigenvalue weighted by Gasteiger charge is -2.31. The fourth-order valence-corrected chi connectivity index (χ4v) is 1.24. The van der Waals surface area contributed by atoms with Crippen LogP contribution in [0.5, 0.6) is 0 Å². The summed E-state index contributed by atoms with van der Waals surface area (Å²) < 4.78 is 0. The lowest BCUT2D eigenvalue weighted by Crippen LogP contribution is -2.58. The van der Waals surface area contributed by atoms with Crippen molar-refractivity contribution in [2.45, 2.75) is 25.8 Å². The van der Waals surface area contributed by atoms with Gasteiger partial charge in [-0.15, -0.1) is 0 Å². The molecule has 1 atom stereocenters. The summed E-state index contributed by atoms with van der Waals surface area (Å²) in [4.78, 5) is 10.9. The van der Waals surface area contributed by atoms with Crippen LogP contribution < -0.4 is 16.4 Å². The molecule has 0 saturated carbocycles. The molecular formula is C8H19N3O. The molecule has 0 bridgehead atoms. The van der Waals surface area contributed by atoms with Crippen molar-refractivity contribution in [2.24, 2.45) is 5.73 Å². The lowest BCUT2D eigenvalue weighted by atomic mass is 9.96. The second-order valence-electron chi connectivity index (χ2n) is 3.05. The van der Waals surface area contributed by atoms with E-state index in [-0.39, 0.29) is 11.4 Å². The molecule has 12 heavy (non-hydrogen) atoms. The monoisotopic (exact) mass is 173 g/mol. The topological polar surface area (TPSA) is 67.2 Å². The molecule has 0 aliphatic carbocycles. The van der Waals surface area contributed by atoms with Gasteiger partial charge in [0.2, 0.25) is 5.91 Å². The summed E-state index contributed by atoms with van der Waals surface area (Å²) in [6.07, 6.45) is 0.837. The Morgan fingerprint density at radius 2 is 2.17 bits per heavy atom.